The molecule has 2 unspecified atom stereocenters. The summed E-state index contributed by atoms with van der Waals surface area (Å²) in [5.74, 6) is 0. The molecule has 2 atom stereocenters. The molecule has 1 aromatic rings. The molecule has 0 radical (unpaired) electrons. The van der Waals surface area contributed by atoms with Gasteiger partial charge in [-0.05, 0) is 18.6 Å². The Hall–Kier alpha value is -0.160. The van der Waals surface area contributed by atoms with Gasteiger partial charge < -0.3 is 10.2 Å². The van der Waals surface area contributed by atoms with Gasteiger partial charge in [0.2, 0.25) is 0 Å². The SMILES string of the molecule is Cc1cc(C(O)C(O)CBr)cnc1Cl. The first-order valence-electron chi connectivity index (χ1n) is 4.10. The van der Waals surface area contributed by atoms with Gasteiger partial charge in [-0.1, -0.05) is 27.5 Å². The van der Waals surface area contributed by atoms with E-state index in [4.69, 9.17) is 11.6 Å². The lowest BCUT2D eigenvalue weighted by Gasteiger charge is -2.15. The summed E-state index contributed by atoms with van der Waals surface area (Å²) in [4.78, 5) is 3.90. The van der Waals surface area contributed by atoms with Gasteiger partial charge in [-0.15, -0.1) is 0 Å². The van der Waals surface area contributed by atoms with Crippen LogP contribution in [0.25, 0.3) is 0 Å². The van der Waals surface area contributed by atoms with Crippen molar-refractivity contribution in [2.24, 2.45) is 0 Å². The van der Waals surface area contributed by atoms with Gasteiger partial charge in [0.15, 0.2) is 0 Å². The fourth-order valence-corrected chi connectivity index (χ4v) is 1.51. The number of rotatable bonds is 3. The van der Waals surface area contributed by atoms with Gasteiger partial charge in [0.1, 0.15) is 11.3 Å². The Balaban J connectivity index is 2.91. The first kappa shape index (κ1) is 11.9. The van der Waals surface area contributed by atoms with Gasteiger partial charge in [0.25, 0.3) is 0 Å². The Morgan fingerprint density at radius 1 is 1.57 bits per heavy atom. The number of aryl methyl sites for hydroxylation is 1. The summed E-state index contributed by atoms with van der Waals surface area (Å²) in [7, 11) is 0. The molecule has 0 aliphatic rings. The quantitative estimate of drug-likeness (QED) is 0.656. The fourth-order valence-electron chi connectivity index (χ4n) is 1.05. The Morgan fingerprint density at radius 2 is 2.21 bits per heavy atom. The molecule has 0 amide bonds. The minimum atomic E-state index is -0.933. The standard InChI is InChI=1S/C9H11BrClNO2/c1-5-2-6(4-12-9(5)11)8(14)7(13)3-10/h2,4,7-8,13-14H,3H2,1H3. The van der Waals surface area contributed by atoms with Crippen LogP contribution in [0, 0.1) is 6.92 Å². The number of hydrogen-bond acceptors (Lipinski definition) is 3. The topological polar surface area (TPSA) is 53.4 Å². The fraction of sp³-hybridized carbons (Fsp3) is 0.444. The van der Waals surface area contributed by atoms with E-state index in [2.05, 4.69) is 20.9 Å². The molecule has 0 saturated carbocycles. The average molecular weight is 281 g/mol. The van der Waals surface area contributed by atoms with Crippen molar-refractivity contribution < 1.29 is 10.2 Å². The van der Waals surface area contributed by atoms with Crippen LogP contribution in [0.2, 0.25) is 5.15 Å². The van der Waals surface area contributed by atoms with E-state index < -0.39 is 12.2 Å². The molecule has 0 saturated heterocycles. The van der Waals surface area contributed by atoms with E-state index in [1.807, 2.05) is 0 Å². The predicted octanol–water partition coefficient (Wildman–Crippen LogP) is 1.83. The van der Waals surface area contributed by atoms with Crippen LogP contribution in [0.15, 0.2) is 12.3 Å². The van der Waals surface area contributed by atoms with Crippen LogP contribution < -0.4 is 0 Å². The zero-order valence-corrected chi connectivity index (χ0v) is 9.96. The molecule has 78 valence electrons. The molecular weight excluding hydrogens is 269 g/mol. The van der Waals surface area contributed by atoms with E-state index in [1.54, 1.807) is 13.0 Å². The number of alkyl halides is 1. The molecule has 0 aromatic carbocycles. The van der Waals surface area contributed by atoms with E-state index in [-0.39, 0.29) is 0 Å². The normalized spacial score (nSPS) is 15.2. The lowest BCUT2D eigenvalue weighted by molar-refractivity contribution is 0.0340. The molecule has 14 heavy (non-hydrogen) atoms. The number of hydrogen-bond donors (Lipinski definition) is 2. The molecule has 0 aliphatic heterocycles. The van der Waals surface area contributed by atoms with Crippen LogP contribution in [-0.4, -0.2) is 26.6 Å². The van der Waals surface area contributed by atoms with Gasteiger partial charge in [0, 0.05) is 17.1 Å². The Kier molecular flexibility index (Phi) is 4.31. The van der Waals surface area contributed by atoms with Crippen LogP contribution in [0.5, 0.6) is 0 Å². The maximum atomic E-state index is 9.64. The van der Waals surface area contributed by atoms with Crippen LogP contribution in [0.3, 0.4) is 0 Å². The number of pyridine rings is 1. The van der Waals surface area contributed by atoms with E-state index in [9.17, 15) is 10.2 Å². The Bertz CT molecular complexity index is 322. The molecule has 1 heterocycles. The number of nitrogens with zero attached hydrogens (tertiary/aromatic N) is 1. The highest BCUT2D eigenvalue weighted by Gasteiger charge is 2.17. The van der Waals surface area contributed by atoms with E-state index in [0.717, 1.165) is 5.56 Å². The van der Waals surface area contributed by atoms with E-state index in [1.165, 1.54) is 6.20 Å². The van der Waals surface area contributed by atoms with Crippen molar-refractivity contribution in [1.82, 2.24) is 4.98 Å². The number of halogens is 2. The molecular formula is C9H11BrClNO2. The maximum Gasteiger partial charge on any atom is 0.131 e. The molecule has 1 rings (SSSR count). The van der Waals surface area contributed by atoms with Gasteiger partial charge >= 0.3 is 0 Å². The van der Waals surface area contributed by atoms with E-state index in [0.29, 0.717) is 16.0 Å². The van der Waals surface area contributed by atoms with Crippen molar-refractivity contribution in [3.63, 3.8) is 0 Å². The van der Waals surface area contributed by atoms with Crippen molar-refractivity contribution >= 4 is 27.5 Å². The second-order valence-electron chi connectivity index (χ2n) is 3.04. The Labute approximate surface area is 95.9 Å². The van der Waals surface area contributed by atoms with Crippen molar-refractivity contribution in [3.8, 4) is 0 Å². The van der Waals surface area contributed by atoms with Gasteiger partial charge in [-0.2, -0.15) is 0 Å². The molecule has 3 nitrogen and oxygen atoms in total. The molecule has 1 aromatic heterocycles. The third-order valence-electron chi connectivity index (χ3n) is 1.90. The summed E-state index contributed by atoms with van der Waals surface area (Å²) in [6.07, 6.45) is -0.304. The minimum absolute atomic E-state index is 0.315. The highest BCUT2D eigenvalue weighted by atomic mass is 79.9. The predicted molar refractivity (Wildman–Crippen MR) is 58.7 cm³/mol. The summed E-state index contributed by atoms with van der Waals surface area (Å²) in [5, 5.41) is 19.8. The highest BCUT2D eigenvalue weighted by Crippen LogP contribution is 2.21. The first-order chi connectivity index (χ1) is 6.56. The van der Waals surface area contributed by atoms with Crippen molar-refractivity contribution in [3.05, 3.63) is 28.5 Å². The van der Waals surface area contributed by atoms with Gasteiger partial charge in [-0.3, -0.25) is 0 Å². The largest absolute Gasteiger partial charge is 0.389 e. The third kappa shape index (κ3) is 2.67. The van der Waals surface area contributed by atoms with Crippen molar-refractivity contribution in [2.75, 3.05) is 5.33 Å². The number of aliphatic hydroxyl groups is 2. The smallest absolute Gasteiger partial charge is 0.131 e. The molecule has 0 bridgehead atoms. The van der Waals surface area contributed by atoms with Crippen LogP contribution in [0.1, 0.15) is 17.2 Å². The maximum absolute atomic E-state index is 9.64. The molecule has 0 aliphatic carbocycles. The van der Waals surface area contributed by atoms with Gasteiger partial charge in [0.05, 0.1) is 6.10 Å². The highest BCUT2D eigenvalue weighted by molar-refractivity contribution is 9.09. The summed E-state index contributed by atoms with van der Waals surface area (Å²) < 4.78 is 0. The van der Waals surface area contributed by atoms with Crippen molar-refractivity contribution in [1.29, 1.82) is 0 Å². The average Bonchev–Trinajstić information content (AvgIpc) is 2.20. The molecule has 5 heteroatoms. The van der Waals surface area contributed by atoms with Crippen LogP contribution >= 0.6 is 27.5 Å². The third-order valence-corrected chi connectivity index (χ3v) is 2.96. The lowest BCUT2D eigenvalue weighted by atomic mass is 10.1. The molecule has 0 fully saturated rings. The number of aliphatic hydroxyl groups excluding tert-OH is 2. The minimum Gasteiger partial charge on any atom is -0.389 e. The summed E-state index contributed by atoms with van der Waals surface area (Å²) in [6.45, 7) is 1.80. The van der Waals surface area contributed by atoms with Crippen molar-refractivity contribution in [2.45, 2.75) is 19.1 Å². The summed E-state index contributed by atoms with van der Waals surface area (Å²) >= 11 is 8.82. The monoisotopic (exact) mass is 279 g/mol. The summed E-state index contributed by atoms with van der Waals surface area (Å²) in [5.41, 5.74) is 1.35. The second-order valence-corrected chi connectivity index (χ2v) is 4.05. The second kappa shape index (κ2) is 5.07. The van der Waals surface area contributed by atoms with Crippen LogP contribution in [0.4, 0.5) is 0 Å². The summed E-state index contributed by atoms with van der Waals surface area (Å²) in [6, 6.07) is 1.71. The lowest BCUT2D eigenvalue weighted by Crippen LogP contribution is -2.19. The van der Waals surface area contributed by atoms with E-state index >= 15 is 0 Å². The first-order valence-corrected chi connectivity index (χ1v) is 5.60. The zero-order valence-electron chi connectivity index (χ0n) is 7.61. The number of aromatic nitrogens is 1. The Morgan fingerprint density at radius 3 is 2.71 bits per heavy atom. The molecule has 0 spiro atoms. The van der Waals surface area contributed by atoms with Gasteiger partial charge in [-0.25, -0.2) is 4.98 Å². The molecule has 2 N–H and O–H groups in total. The van der Waals surface area contributed by atoms with Crippen LogP contribution in [-0.2, 0) is 0 Å². The zero-order chi connectivity index (χ0) is 10.7.